The van der Waals surface area contributed by atoms with E-state index in [-0.39, 0.29) is 0 Å². The number of nitrogens with zero attached hydrogens (tertiary/aromatic N) is 3. The maximum absolute atomic E-state index is 4.97. The first-order chi connectivity index (χ1) is 16.9. The molecule has 0 fully saturated rings. The fourth-order valence-corrected chi connectivity index (χ4v) is 5.04. The molecule has 7 aromatic rings. The molecule has 0 radical (unpaired) electrons. The summed E-state index contributed by atoms with van der Waals surface area (Å²) in [6, 6.07) is 42.6. The molecule has 3 heteroatoms. The first kappa shape index (κ1) is 18.9. The third-order valence-electron chi connectivity index (χ3n) is 6.56. The van der Waals surface area contributed by atoms with Crippen LogP contribution in [0.5, 0.6) is 0 Å². The van der Waals surface area contributed by atoms with Gasteiger partial charge in [0.15, 0.2) is 0 Å². The molecule has 4 aromatic carbocycles. The molecule has 7 rings (SSSR count). The minimum atomic E-state index is 0.947. The lowest BCUT2D eigenvalue weighted by molar-refractivity contribution is 1.17. The van der Waals surface area contributed by atoms with Crippen molar-refractivity contribution < 1.29 is 0 Å². The second-order valence-corrected chi connectivity index (χ2v) is 8.52. The second kappa shape index (κ2) is 7.46. The first-order valence-corrected chi connectivity index (χ1v) is 11.5. The lowest BCUT2D eigenvalue weighted by atomic mass is 10.0. The average Bonchev–Trinajstić information content (AvgIpc) is 3.46. The van der Waals surface area contributed by atoms with Gasteiger partial charge in [-0.25, -0.2) is 4.98 Å². The minimum absolute atomic E-state index is 0.947. The van der Waals surface area contributed by atoms with Crippen molar-refractivity contribution in [1.82, 2.24) is 14.0 Å². The first-order valence-electron chi connectivity index (χ1n) is 11.5. The van der Waals surface area contributed by atoms with Gasteiger partial charge in [-0.1, -0.05) is 84.9 Å². The number of rotatable bonds is 3. The van der Waals surface area contributed by atoms with Crippen molar-refractivity contribution in [2.24, 2.45) is 0 Å². The van der Waals surface area contributed by atoms with Crippen molar-refractivity contribution >= 4 is 27.5 Å². The van der Waals surface area contributed by atoms with Crippen LogP contribution >= 0.6 is 0 Å². The molecule has 160 valence electrons. The third-order valence-corrected chi connectivity index (χ3v) is 6.56. The van der Waals surface area contributed by atoms with Crippen LogP contribution in [-0.4, -0.2) is 14.0 Å². The Morgan fingerprint density at radius 3 is 1.82 bits per heavy atom. The summed E-state index contributed by atoms with van der Waals surface area (Å²) in [5.74, 6) is 0. The van der Waals surface area contributed by atoms with E-state index in [1.807, 2.05) is 12.1 Å². The van der Waals surface area contributed by atoms with Crippen molar-refractivity contribution in [2.45, 2.75) is 0 Å². The third kappa shape index (κ3) is 2.81. The molecule has 0 atom stereocenters. The second-order valence-electron chi connectivity index (χ2n) is 8.52. The van der Waals surface area contributed by atoms with Crippen LogP contribution in [0.15, 0.2) is 128 Å². The maximum Gasteiger partial charge on any atom is 0.137 e. The van der Waals surface area contributed by atoms with Crippen molar-refractivity contribution in [3.8, 4) is 28.2 Å². The highest BCUT2D eigenvalue weighted by atomic mass is 15.0. The van der Waals surface area contributed by atoms with E-state index in [0.29, 0.717) is 0 Å². The highest BCUT2D eigenvalue weighted by molar-refractivity contribution is 6.09. The molecule has 0 amide bonds. The quantitative estimate of drug-likeness (QED) is 0.278. The molecular weight excluding hydrogens is 414 g/mol. The van der Waals surface area contributed by atoms with Crippen LogP contribution in [0.2, 0.25) is 0 Å². The summed E-state index contributed by atoms with van der Waals surface area (Å²) < 4.78 is 4.53. The summed E-state index contributed by atoms with van der Waals surface area (Å²) in [5.41, 5.74) is 8.90. The van der Waals surface area contributed by atoms with Gasteiger partial charge in [-0.2, -0.15) is 0 Å². The molecule has 0 aliphatic rings. The van der Waals surface area contributed by atoms with Gasteiger partial charge in [0, 0.05) is 33.8 Å². The summed E-state index contributed by atoms with van der Waals surface area (Å²) in [4.78, 5) is 4.97. The monoisotopic (exact) mass is 435 g/mol. The fourth-order valence-electron chi connectivity index (χ4n) is 5.04. The Morgan fingerprint density at radius 1 is 0.500 bits per heavy atom. The number of imidazole rings is 1. The van der Waals surface area contributed by atoms with Crippen LogP contribution in [0.4, 0.5) is 0 Å². The molecule has 34 heavy (non-hydrogen) atoms. The molecule has 0 spiro atoms. The van der Waals surface area contributed by atoms with Crippen molar-refractivity contribution in [1.29, 1.82) is 0 Å². The van der Waals surface area contributed by atoms with Crippen LogP contribution in [-0.2, 0) is 0 Å². The maximum atomic E-state index is 4.97. The summed E-state index contributed by atoms with van der Waals surface area (Å²) in [5, 5.41) is 2.55. The Balaban J connectivity index is 1.43. The average molecular weight is 436 g/mol. The number of benzene rings is 4. The van der Waals surface area contributed by atoms with Gasteiger partial charge in [0.2, 0.25) is 0 Å². The molecule has 0 saturated carbocycles. The molecule has 3 aromatic heterocycles. The van der Waals surface area contributed by atoms with E-state index in [1.165, 1.54) is 21.8 Å². The number of para-hydroxylation sites is 2. The van der Waals surface area contributed by atoms with E-state index in [4.69, 9.17) is 4.98 Å². The summed E-state index contributed by atoms with van der Waals surface area (Å²) in [6.45, 7) is 0. The van der Waals surface area contributed by atoms with Crippen LogP contribution in [0.3, 0.4) is 0 Å². The number of hydrogen-bond donors (Lipinski definition) is 0. The van der Waals surface area contributed by atoms with E-state index in [0.717, 1.165) is 33.8 Å². The van der Waals surface area contributed by atoms with Crippen molar-refractivity contribution in [2.75, 3.05) is 0 Å². The lowest BCUT2D eigenvalue weighted by Crippen LogP contribution is -1.94. The highest BCUT2D eigenvalue weighted by Gasteiger charge is 2.16. The van der Waals surface area contributed by atoms with Crippen molar-refractivity contribution in [3.05, 3.63) is 128 Å². The smallest absolute Gasteiger partial charge is 0.137 e. The van der Waals surface area contributed by atoms with Crippen LogP contribution in [0, 0.1) is 0 Å². The predicted molar refractivity (Wildman–Crippen MR) is 140 cm³/mol. The number of fused-ring (bicyclic) bond motifs is 4. The van der Waals surface area contributed by atoms with Gasteiger partial charge >= 0.3 is 0 Å². The Morgan fingerprint density at radius 2 is 1.12 bits per heavy atom. The minimum Gasteiger partial charge on any atom is -0.309 e. The van der Waals surface area contributed by atoms with Gasteiger partial charge in [0.25, 0.3) is 0 Å². The number of aromatic nitrogens is 3. The van der Waals surface area contributed by atoms with Gasteiger partial charge in [-0.05, 0) is 36.4 Å². The Bertz CT molecular complexity index is 1740. The Hall–Kier alpha value is -4.63. The molecule has 0 aliphatic carbocycles. The standard InChI is InChI=1S/C31H21N3/c1-2-10-22(11-3-1)30-31(33-21-9-8-16-29(33)32-30)23-17-19-24(20-18-23)34-27-14-6-4-12-25(27)26-13-5-7-15-28(26)34/h1-21H. The van der Waals surface area contributed by atoms with Gasteiger partial charge in [-0.15, -0.1) is 0 Å². The van der Waals surface area contributed by atoms with E-state index in [2.05, 4.69) is 124 Å². The van der Waals surface area contributed by atoms with E-state index in [1.54, 1.807) is 0 Å². The molecule has 0 bridgehead atoms. The van der Waals surface area contributed by atoms with Crippen LogP contribution in [0.25, 0.3) is 55.7 Å². The summed E-state index contributed by atoms with van der Waals surface area (Å²) in [6.07, 6.45) is 2.09. The molecule has 3 nitrogen and oxygen atoms in total. The molecule has 3 heterocycles. The number of hydrogen-bond acceptors (Lipinski definition) is 1. The van der Waals surface area contributed by atoms with E-state index >= 15 is 0 Å². The predicted octanol–water partition coefficient (Wildman–Crippen LogP) is 7.77. The fraction of sp³-hybridized carbons (Fsp3) is 0. The SMILES string of the molecule is c1ccc(-c2nc3ccccn3c2-c2ccc(-n3c4ccccc4c4ccccc43)cc2)cc1. The van der Waals surface area contributed by atoms with Gasteiger partial charge in [0.1, 0.15) is 5.65 Å². The van der Waals surface area contributed by atoms with Crippen molar-refractivity contribution in [3.63, 3.8) is 0 Å². The Kier molecular flexibility index (Phi) is 4.15. The van der Waals surface area contributed by atoms with Crippen LogP contribution < -0.4 is 0 Å². The van der Waals surface area contributed by atoms with Gasteiger partial charge < -0.3 is 4.57 Å². The molecule has 0 N–H and O–H groups in total. The van der Waals surface area contributed by atoms with E-state index in [9.17, 15) is 0 Å². The largest absolute Gasteiger partial charge is 0.309 e. The highest BCUT2D eigenvalue weighted by Crippen LogP contribution is 2.35. The topological polar surface area (TPSA) is 22.2 Å². The zero-order chi connectivity index (χ0) is 22.5. The molecule has 0 aliphatic heterocycles. The zero-order valence-corrected chi connectivity index (χ0v) is 18.5. The Labute approximate surface area is 197 Å². The number of pyridine rings is 1. The van der Waals surface area contributed by atoms with Crippen LogP contribution in [0.1, 0.15) is 0 Å². The summed E-state index contributed by atoms with van der Waals surface area (Å²) >= 11 is 0. The zero-order valence-electron chi connectivity index (χ0n) is 18.5. The molecule has 0 saturated heterocycles. The normalized spacial score (nSPS) is 11.5. The molecular formula is C31H21N3. The lowest BCUT2D eigenvalue weighted by Gasteiger charge is -2.10. The van der Waals surface area contributed by atoms with Gasteiger partial charge in [0.05, 0.1) is 22.4 Å². The summed E-state index contributed by atoms with van der Waals surface area (Å²) in [7, 11) is 0. The van der Waals surface area contributed by atoms with E-state index < -0.39 is 0 Å². The molecule has 0 unspecified atom stereocenters. The van der Waals surface area contributed by atoms with Gasteiger partial charge in [-0.3, -0.25) is 4.40 Å².